The topological polar surface area (TPSA) is 68.5 Å². The number of nitrogens with one attached hydrogen (secondary N) is 1. The van der Waals surface area contributed by atoms with E-state index in [2.05, 4.69) is 5.32 Å². The van der Waals surface area contributed by atoms with Gasteiger partial charge in [0.2, 0.25) is 0 Å². The van der Waals surface area contributed by atoms with Crippen LogP contribution in [0.3, 0.4) is 0 Å². The summed E-state index contributed by atoms with van der Waals surface area (Å²) >= 11 is 6.23. The van der Waals surface area contributed by atoms with E-state index < -0.39 is 5.63 Å². The van der Waals surface area contributed by atoms with Crippen LogP contribution in [-0.4, -0.2) is 12.5 Å². The summed E-state index contributed by atoms with van der Waals surface area (Å²) in [6.07, 6.45) is 0. The minimum absolute atomic E-state index is 0.214. The molecule has 134 valence electrons. The van der Waals surface area contributed by atoms with E-state index in [1.807, 2.05) is 32.0 Å². The van der Waals surface area contributed by atoms with Gasteiger partial charge in [-0.05, 0) is 49.6 Å². The molecule has 0 fully saturated rings. The van der Waals surface area contributed by atoms with Crippen LogP contribution in [0.15, 0.2) is 45.6 Å². The Morgan fingerprint density at radius 2 is 1.92 bits per heavy atom. The number of amides is 1. The highest BCUT2D eigenvalue weighted by Gasteiger charge is 2.12. The van der Waals surface area contributed by atoms with Crippen molar-refractivity contribution >= 4 is 34.2 Å². The number of benzene rings is 2. The zero-order valence-electron chi connectivity index (χ0n) is 14.7. The highest BCUT2D eigenvalue weighted by atomic mass is 35.5. The van der Waals surface area contributed by atoms with Crippen molar-refractivity contribution in [1.82, 2.24) is 0 Å². The van der Waals surface area contributed by atoms with Crippen molar-refractivity contribution in [1.29, 1.82) is 0 Å². The number of carbonyl (C=O) groups is 1. The molecular formula is C20H18ClNO4. The van der Waals surface area contributed by atoms with E-state index in [1.54, 1.807) is 13.0 Å². The third-order valence-corrected chi connectivity index (χ3v) is 4.54. The van der Waals surface area contributed by atoms with E-state index in [0.717, 1.165) is 27.8 Å². The number of halogens is 1. The Labute approximate surface area is 155 Å². The Morgan fingerprint density at radius 1 is 1.15 bits per heavy atom. The van der Waals surface area contributed by atoms with Gasteiger partial charge in [0.15, 0.2) is 6.61 Å². The zero-order valence-corrected chi connectivity index (χ0v) is 15.4. The molecule has 5 nitrogen and oxygen atoms in total. The summed E-state index contributed by atoms with van der Waals surface area (Å²) in [4.78, 5) is 23.7. The van der Waals surface area contributed by atoms with Crippen LogP contribution in [0, 0.1) is 20.8 Å². The van der Waals surface area contributed by atoms with Crippen LogP contribution in [0.25, 0.3) is 11.0 Å². The Morgan fingerprint density at radius 3 is 2.69 bits per heavy atom. The van der Waals surface area contributed by atoms with Crippen LogP contribution >= 0.6 is 11.6 Å². The van der Waals surface area contributed by atoms with Gasteiger partial charge in [-0.2, -0.15) is 0 Å². The molecule has 1 amide bonds. The third kappa shape index (κ3) is 3.73. The van der Waals surface area contributed by atoms with Gasteiger partial charge in [-0.15, -0.1) is 0 Å². The third-order valence-electron chi connectivity index (χ3n) is 4.24. The first-order valence-corrected chi connectivity index (χ1v) is 8.46. The van der Waals surface area contributed by atoms with Crippen LogP contribution in [0.1, 0.15) is 16.7 Å². The van der Waals surface area contributed by atoms with Crippen molar-refractivity contribution in [2.75, 3.05) is 11.9 Å². The van der Waals surface area contributed by atoms with Gasteiger partial charge in [-0.1, -0.05) is 23.7 Å². The molecule has 0 radical (unpaired) electrons. The van der Waals surface area contributed by atoms with Gasteiger partial charge in [0.25, 0.3) is 5.91 Å². The zero-order chi connectivity index (χ0) is 18.8. The van der Waals surface area contributed by atoms with Gasteiger partial charge in [-0.3, -0.25) is 4.79 Å². The molecule has 0 aliphatic rings. The smallest absolute Gasteiger partial charge is 0.336 e. The monoisotopic (exact) mass is 371 g/mol. The summed E-state index contributed by atoms with van der Waals surface area (Å²) < 4.78 is 10.7. The average molecular weight is 372 g/mol. The van der Waals surface area contributed by atoms with E-state index in [4.69, 9.17) is 20.8 Å². The molecule has 0 saturated heterocycles. The van der Waals surface area contributed by atoms with Gasteiger partial charge in [0.05, 0.1) is 5.02 Å². The molecule has 1 heterocycles. The van der Waals surface area contributed by atoms with Crippen molar-refractivity contribution in [2.24, 2.45) is 0 Å². The van der Waals surface area contributed by atoms with Gasteiger partial charge >= 0.3 is 5.63 Å². The number of hydrogen-bond acceptors (Lipinski definition) is 4. The van der Waals surface area contributed by atoms with Crippen molar-refractivity contribution in [3.05, 3.63) is 68.5 Å². The van der Waals surface area contributed by atoms with Crippen molar-refractivity contribution in [3.63, 3.8) is 0 Å². The lowest BCUT2D eigenvalue weighted by Crippen LogP contribution is -2.20. The van der Waals surface area contributed by atoms with E-state index in [0.29, 0.717) is 10.6 Å². The predicted octanol–water partition coefficient (Wildman–Crippen LogP) is 4.39. The molecule has 2 aromatic carbocycles. The lowest BCUT2D eigenvalue weighted by molar-refractivity contribution is -0.118. The lowest BCUT2D eigenvalue weighted by atomic mass is 10.1. The standard InChI is InChI=1S/C20H18ClNO4/c1-11-5-4-6-16(13(11)3)22-19(23)10-25-18-9-17-14(8-15(18)21)12(2)7-20(24)26-17/h4-9H,10H2,1-3H3,(H,22,23). The molecule has 3 aromatic rings. The van der Waals surface area contributed by atoms with Gasteiger partial charge in [0, 0.05) is 23.2 Å². The second kappa shape index (κ2) is 7.22. The molecule has 6 heteroatoms. The van der Waals surface area contributed by atoms with Gasteiger partial charge in [0.1, 0.15) is 11.3 Å². The first-order chi connectivity index (χ1) is 12.3. The summed E-state index contributed by atoms with van der Waals surface area (Å²) in [6, 6.07) is 10.3. The predicted molar refractivity (Wildman–Crippen MR) is 102 cm³/mol. The highest BCUT2D eigenvalue weighted by molar-refractivity contribution is 6.32. The Bertz CT molecular complexity index is 1060. The van der Waals surface area contributed by atoms with Crippen molar-refractivity contribution in [2.45, 2.75) is 20.8 Å². The van der Waals surface area contributed by atoms with Crippen LogP contribution in [0.5, 0.6) is 5.75 Å². The molecule has 0 saturated carbocycles. The highest BCUT2D eigenvalue weighted by Crippen LogP contribution is 2.31. The number of rotatable bonds is 4. The average Bonchev–Trinajstić information content (AvgIpc) is 2.58. The fourth-order valence-electron chi connectivity index (χ4n) is 2.65. The summed E-state index contributed by atoms with van der Waals surface area (Å²) in [5.41, 5.74) is 3.51. The Balaban J connectivity index is 1.77. The summed E-state index contributed by atoms with van der Waals surface area (Å²) in [6.45, 7) is 5.50. The van der Waals surface area contributed by atoms with E-state index in [-0.39, 0.29) is 18.3 Å². The molecule has 1 aromatic heterocycles. The van der Waals surface area contributed by atoms with Gasteiger partial charge < -0.3 is 14.5 Å². The lowest BCUT2D eigenvalue weighted by Gasteiger charge is -2.12. The minimum Gasteiger partial charge on any atom is -0.482 e. The van der Waals surface area contributed by atoms with Gasteiger partial charge in [-0.25, -0.2) is 4.79 Å². The van der Waals surface area contributed by atoms with Crippen molar-refractivity contribution < 1.29 is 13.9 Å². The van der Waals surface area contributed by atoms with Crippen LogP contribution in [-0.2, 0) is 4.79 Å². The number of carbonyl (C=O) groups excluding carboxylic acids is 1. The molecule has 0 unspecified atom stereocenters. The molecule has 26 heavy (non-hydrogen) atoms. The second-order valence-electron chi connectivity index (χ2n) is 6.11. The Kier molecular flexibility index (Phi) is 5.00. The quantitative estimate of drug-likeness (QED) is 0.690. The minimum atomic E-state index is -0.448. The second-order valence-corrected chi connectivity index (χ2v) is 6.52. The van der Waals surface area contributed by atoms with Crippen LogP contribution < -0.4 is 15.7 Å². The first kappa shape index (κ1) is 18.0. The fraction of sp³-hybridized carbons (Fsp3) is 0.200. The molecule has 0 spiro atoms. The summed E-state index contributed by atoms with van der Waals surface area (Å²) in [5, 5.41) is 3.88. The first-order valence-electron chi connectivity index (χ1n) is 8.08. The van der Waals surface area contributed by atoms with E-state index in [9.17, 15) is 9.59 Å². The number of hydrogen-bond donors (Lipinski definition) is 1. The summed E-state index contributed by atoms with van der Waals surface area (Å²) in [7, 11) is 0. The molecule has 3 rings (SSSR count). The maximum Gasteiger partial charge on any atom is 0.336 e. The fourth-order valence-corrected chi connectivity index (χ4v) is 2.86. The number of aryl methyl sites for hydroxylation is 2. The molecular weight excluding hydrogens is 354 g/mol. The van der Waals surface area contributed by atoms with Crippen LogP contribution in [0.2, 0.25) is 5.02 Å². The number of anilines is 1. The molecule has 0 bridgehead atoms. The SMILES string of the molecule is Cc1cccc(NC(=O)COc2cc3oc(=O)cc(C)c3cc2Cl)c1C. The molecule has 0 atom stereocenters. The maximum absolute atomic E-state index is 12.2. The Hall–Kier alpha value is -2.79. The number of ether oxygens (including phenoxy) is 1. The van der Waals surface area contributed by atoms with Crippen LogP contribution in [0.4, 0.5) is 5.69 Å². The van der Waals surface area contributed by atoms with E-state index in [1.165, 1.54) is 12.1 Å². The molecule has 0 aliphatic carbocycles. The number of fused-ring (bicyclic) bond motifs is 1. The molecule has 1 N–H and O–H groups in total. The van der Waals surface area contributed by atoms with Crippen molar-refractivity contribution in [3.8, 4) is 5.75 Å². The normalized spacial score (nSPS) is 10.8. The summed E-state index contributed by atoms with van der Waals surface area (Å²) in [5.74, 6) is -0.0235. The largest absolute Gasteiger partial charge is 0.482 e. The van der Waals surface area contributed by atoms with E-state index >= 15 is 0 Å². The molecule has 0 aliphatic heterocycles. The maximum atomic E-state index is 12.2.